The van der Waals surface area contributed by atoms with Crippen LogP contribution in [0.2, 0.25) is 5.02 Å². The van der Waals surface area contributed by atoms with Crippen molar-refractivity contribution in [3.8, 4) is 0 Å². The van der Waals surface area contributed by atoms with Crippen LogP contribution < -0.4 is 11.1 Å². The van der Waals surface area contributed by atoms with Crippen molar-refractivity contribution in [1.82, 2.24) is 0 Å². The van der Waals surface area contributed by atoms with Gasteiger partial charge in [0.2, 0.25) is 0 Å². The molecule has 1 fully saturated rings. The molecule has 2 unspecified atom stereocenters. The van der Waals surface area contributed by atoms with Gasteiger partial charge in [0.1, 0.15) is 5.82 Å². The number of anilines is 2. The first-order chi connectivity index (χ1) is 9.15. The fourth-order valence-corrected chi connectivity index (χ4v) is 2.47. The Balaban J connectivity index is 1.73. The number of hydrogen-bond acceptors (Lipinski definition) is 2. The van der Waals surface area contributed by atoms with Gasteiger partial charge in [0.15, 0.2) is 0 Å². The van der Waals surface area contributed by atoms with Gasteiger partial charge in [-0.25, -0.2) is 4.39 Å². The maximum Gasteiger partial charge on any atom is 0.143 e. The highest BCUT2D eigenvalue weighted by Crippen LogP contribution is 2.43. The Hall–Kier alpha value is -1.74. The third-order valence-corrected chi connectivity index (χ3v) is 3.74. The molecular weight excluding hydrogens is 263 g/mol. The van der Waals surface area contributed by atoms with E-state index in [4.69, 9.17) is 17.3 Å². The second-order valence-corrected chi connectivity index (χ2v) is 5.26. The van der Waals surface area contributed by atoms with Gasteiger partial charge in [-0.15, -0.1) is 0 Å². The lowest BCUT2D eigenvalue weighted by Crippen LogP contribution is -2.07. The van der Waals surface area contributed by atoms with E-state index in [9.17, 15) is 4.39 Å². The van der Waals surface area contributed by atoms with E-state index < -0.39 is 5.82 Å². The highest BCUT2D eigenvalue weighted by atomic mass is 35.5. The molecule has 0 bridgehead atoms. The van der Waals surface area contributed by atoms with Crippen LogP contribution in [0.15, 0.2) is 42.5 Å². The zero-order chi connectivity index (χ0) is 13.4. The number of halogens is 2. The molecule has 0 saturated heterocycles. The molecule has 0 heterocycles. The molecule has 2 nitrogen and oxygen atoms in total. The Bertz CT molecular complexity index is 601. The van der Waals surface area contributed by atoms with E-state index in [0.717, 1.165) is 6.42 Å². The monoisotopic (exact) mass is 276 g/mol. The largest absolute Gasteiger partial charge is 0.397 e. The third-order valence-electron chi connectivity index (χ3n) is 3.45. The summed E-state index contributed by atoms with van der Waals surface area (Å²) in [6, 6.07) is 13.5. The molecule has 3 rings (SSSR count). The molecule has 2 aromatic carbocycles. The van der Waals surface area contributed by atoms with Crippen LogP contribution in [0.5, 0.6) is 0 Å². The molecule has 0 radical (unpaired) electrons. The van der Waals surface area contributed by atoms with E-state index >= 15 is 0 Å². The minimum Gasteiger partial charge on any atom is -0.397 e. The molecular formula is C15H14ClFN2. The molecule has 2 atom stereocenters. The fourth-order valence-electron chi connectivity index (χ4n) is 2.31. The molecule has 4 heteroatoms. The minimum absolute atomic E-state index is 0.0913. The van der Waals surface area contributed by atoms with Crippen molar-refractivity contribution in [2.24, 2.45) is 0 Å². The van der Waals surface area contributed by atoms with E-state index in [1.165, 1.54) is 11.6 Å². The molecule has 1 aliphatic rings. The van der Waals surface area contributed by atoms with Gasteiger partial charge in [-0.05, 0) is 18.1 Å². The maximum atomic E-state index is 13.2. The number of nitrogens with two attached hydrogens (primary N) is 1. The molecule has 0 spiro atoms. The summed E-state index contributed by atoms with van der Waals surface area (Å²) in [5.41, 5.74) is 8.19. The molecule has 1 saturated carbocycles. The zero-order valence-corrected chi connectivity index (χ0v) is 11.0. The van der Waals surface area contributed by atoms with E-state index in [0.29, 0.717) is 23.3 Å². The highest BCUT2D eigenvalue weighted by Gasteiger charge is 2.38. The van der Waals surface area contributed by atoms with Crippen LogP contribution in [-0.4, -0.2) is 6.04 Å². The predicted molar refractivity (Wildman–Crippen MR) is 77.0 cm³/mol. The number of nitrogen functional groups attached to an aromatic ring is 1. The van der Waals surface area contributed by atoms with Crippen molar-refractivity contribution < 1.29 is 4.39 Å². The summed E-state index contributed by atoms with van der Waals surface area (Å²) in [5, 5.41) is 3.42. The van der Waals surface area contributed by atoms with Crippen LogP contribution in [0.25, 0.3) is 0 Å². The van der Waals surface area contributed by atoms with Gasteiger partial charge in [0, 0.05) is 18.0 Å². The predicted octanol–water partition coefficient (Wildman–Crippen LogP) is 4.03. The van der Waals surface area contributed by atoms with Gasteiger partial charge >= 0.3 is 0 Å². The van der Waals surface area contributed by atoms with Crippen molar-refractivity contribution in [2.75, 3.05) is 11.1 Å². The minimum atomic E-state index is -0.486. The van der Waals surface area contributed by atoms with Crippen LogP contribution >= 0.6 is 11.6 Å². The standard InChI is InChI=1S/C15H14ClFN2/c16-11-7-15(13(18)8-12(11)17)19-14-6-10(14)9-4-2-1-3-5-9/h1-5,7-8,10,14,19H,6,18H2. The number of nitrogens with one attached hydrogen (secondary N) is 1. The summed E-state index contributed by atoms with van der Waals surface area (Å²) in [5.74, 6) is 0.00421. The zero-order valence-electron chi connectivity index (χ0n) is 10.2. The van der Waals surface area contributed by atoms with E-state index in [-0.39, 0.29) is 5.02 Å². The van der Waals surface area contributed by atoms with E-state index in [1.807, 2.05) is 18.2 Å². The molecule has 0 aliphatic heterocycles. The van der Waals surface area contributed by atoms with Crippen molar-refractivity contribution in [1.29, 1.82) is 0 Å². The molecule has 3 N–H and O–H groups in total. The van der Waals surface area contributed by atoms with Gasteiger partial charge in [-0.2, -0.15) is 0 Å². The lowest BCUT2D eigenvalue weighted by molar-refractivity contribution is 0.629. The Morgan fingerprint density at radius 1 is 1.21 bits per heavy atom. The van der Waals surface area contributed by atoms with Crippen LogP contribution in [0.1, 0.15) is 17.9 Å². The summed E-state index contributed by atoms with van der Waals surface area (Å²) < 4.78 is 13.2. The van der Waals surface area contributed by atoms with Crippen LogP contribution in [0.4, 0.5) is 15.8 Å². The highest BCUT2D eigenvalue weighted by molar-refractivity contribution is 6.31. The second-order valence-electron chi connectivity index (χ2n) is 4.86. The lowest BCUT2D eigenvalue weighted by Gasteiger charge is -2.10. The quantitative estimate of drug-likeness (QED) is 0.831. The van der Waals surface area contributed by atoms with Crippen LogP contribution in [-0.2, 0) is 0 Å². The summed E-state index contributed by atoms with van der Waals surface area (Å²) in [6.07, 6.45) is 1.05. The van der Waals surface area contributed by atoms with Crippen LogP contribution in [0, 0.1) is 5.82 Å². The Morgan fingerprint density at radius 3 is 2.68 bits per heavy atom. The molecule has 98 valence electrons. The Morgan fingerprint density at radius 2 is 1.95 bits per heavy atom. The summed E-state index contributed by atoms with van der Waals surface area (Å²) in [4.78, 5) is 0. The van der Waals surface area contributed by atoms with Crippen molar-refractivity contribution >= 4 is 23.0 Å². The van der Waals surface area contributed by atoms with E-state index in [1.54, 1.807) is 6.07 Å². The average Bonchev–Trinajstić information content (AvgIpc) is 3.16. The second kappa shape index (κ2) is 4.74. The third kappa shape index (κ3) is 2.51. The molecule has 0 amide bonds. The first-order valence-corrected chi connectivity index (χ1v) is 6.59. The van der Waals surface area contributed by atoms with Gasteiger partial charge in [-0.3, -0.25) is 0 Å². The first-order valence-electron chi connectivity index (χ1n) is 6.21. The Kier molecular flexibility index (Phi) is 3.07. The van der Waals surface area contributed by atoms with Gasteiger partial charge in [0.25, 0.3) is 0 Å². The topological polar surface area (TPSA) is 38.0 Å². The summed E-state index contributed by atoms with van der Waals surface area (Å²) in [7, 11) is 0. The van der Waals surface area contributed by atoms with Gasteiger partial charge < -0.3 is 11.1 Å². The maximum absolute atomic E-state index is 13.2. The van der Waals surface area contributed by atoms with Gasteiger partial charge in [-0.1, -0.05) is 41.9 Å². The molecule has 2 aromatic rings. The van der Waals surface area contributed by atoms with Crippen molar-refractivity contribution in [2.45, 2.75) is 18.4 Å². The number of rotatable bonds is 3. The van der Waals surface area contributed by atoms with Crippen molar-refractivity contribution in [3.05, 3.63) is 58.9 Å². The smallest absolute Gasteiger partial charge is 0.143 e. The summed E-state index contributed by atoms with van der Waals surface area (Å²) >= 11 is 5.77. The van der Waals surface area contributed by atoms with Crippen LogP contribution in [0.3, 0.4) is 0 Å². The number of hydrogen-bond donors (Lipinski definition) is 2. The van der Waals surface area contributed by atoms with Crippen molar-refractivity contribution in [3.63, 3.8) is 0 Å². The molecule has 19 heavy (non-hydrogen) atoms. The van der Waals surface area contributed by atoms with Gasteiger partial charge in [0.05, 0.1) is 16.4 Å². The molecule has 0 aromatic heterocycles. The lowest BCUT2D eigenvalue weighted by atomic mass is 10.1. The normalized spacial score (nSPS) is 21.2. The van der Waals surface area contributed by atoms with E-state index in [2.05, 4.69) is 17.4 Å². The first kappa shape index (κ1) is 12.3. The average molecular weight is 277 g/mol. The summed E-state index contributed by atoms with van der Waals surface area (Å²) in [6.45, 7) is 0. The fraction of sp³-hybridized carbons (Fsp3) is 0.200. The molecule has 1 aliphatic carbocycles. The SMILES string of the molecule is Nc1cc(F)c(Cl)cc1NC1CC1c1ccccc1. The Labute approximate surface area is 116 Å². The number of benzene rings is 2.